The van der Waals surface area contributed by atoms with E-state index in [4.69, 9.17) is 15.3 Å². The van der Waals surface area contributed by atoms with E-state index >= 15 is 0 Å². The van der Waals surface area contributed by atoms with Gasteiger partial charge in [0.15, 0.2) is 11.5 Å². The molecule has 1 aliphatic carbocycles. The molecule has 0 unspecified atom stereocenters. The number of nitrogens with two attached hydrogens (primary N) is 1. The van der Waals surface area contributed by atoms with E-state index < -0.39 is 0 Å². The van der Waals surface area contributed by atoms with Gasteiger partial charge >= 0.3 is 0 Å². The molecule has 2 aromatic carbocycles. The predicted molar refractivity (Wildman–Crippen MR) is 99.8 cm³/mol. The van der Waals surface area contributed by atoms with Gasteiger partial charge in [-0.1, -0.05) is 24.3 Å². The predicted octanol–water partition coefficient (Wildman–Crippen LogP) is 2.04. The van der Waals surface area contributed by atoms with Gasteiger partial charge in [-0.05, 0) is 30.0 Å². The van der Waals surface area contributed by atoms with Crippen molar-refractivity contribution in [2.24, 2.45) is 5.84 Å². The molecule has 0 atom stereocenters. The molecule has 4 rings (SSSR count). The van der Waals surface area contributed by atoms with Crippen molar-refractivity contribution >= 4 is 16.9 Å². The van der Waals surface area contributed by atoms with Crippen LogP contribution in [-0.4, -0.2) is 23.8 Å². The van der Waals surface area contributed by atoms with Crippen LogP contribution < -0.4 is 26.3 Å². The number of nitrogens with zero attached hydrogens (tertiary/aromatic N) is 2. The van der Waals surface area contributed by atoms with E-state index in [9.17, 15) is 4.79 Å². The Hall–Kier alpha value is -3.06. The Kier molecular flexibility index (Phi) is 4.00. The van der Waals surface area contributed by atoms with E-state index in [0.29, 0.717) is 28.4 Å². The lowest BCUT2D eigenvalue weighted by atomic mass is 10.1. The van der Waals surface area contributed by atoms with Crippen molar-refractivity contribution in [2.45, 2.75) is 18.9 Å². The van der Waals surface area contributed by atoms with Crippen molar-refractivity contribution in [1.29, 1.82) is 0 Å². The first-order valence-electron chi connectivity index (χ1n) is 8.38. The summed E-state index contributed by atoms with van der Waals surface area (Å²) in [5.41, 5.74) is 5.43. The molecule has 0 saturated heterocycles. The van der Waals surface area contributed by atoms with Crippen molar-refractivity contribution < 1.29 is 9.47 Å². The average Bonchev–Trinajstić information content (AvgIpc) is 3.10. The first-order valence-corrected chi connectivity index (χ1v) is 8.38. The molecule has 3 aromatic rings. The van der Waals surface area contributed by atoms with Crippen molar-refractivity contribution in [3.8, 4) is 11.5 Å². The molecule has 0 spiro atoms. The maximum Gasteiger partial charge on any atom is 0.263 e. The number of hydrogen-bond donors (Lipinski definition) is 2. The molecule has 7 heteroatoms. The summed E-state index contributed by atoms with van der Waals surface area (Å²) in [6.45, 7) is 0. The minimum Gasteiger partial charge on any atom is -0.493 e. The number of benzene rings is 2. The summed E-state index contributed by atoms with van der Waals surface area (Å²) in [5.74, 6) is 7.03. The van der Waals surface area contributed by atoms with Gasteiger partial charge in [0, 0.05) is 12.1 Å². The first kappa shape index (κ1) is 16.4. The lowest BCUT2D eigenvalue weighted by molar-refractivity contribution is 0.355. The van der Waals surface area contributed by atoms with Gasteiger partial charge in [0.05, 0.1) is 25.1 Å². The number of anilines is 1. The first-order chi connectivity index (χ1) is 12.7. The van der Waals surface area contributed by atoms with Crippen LogP contribution in [-0.2, 0) is 12.8 Å². The van der Waals surface area contributed by atoms with Crippen LogP contribution in [0.5, 0.6) is 11.5 Å². The van der Waals surface area contributed by atoms with Gasteiger partial charge in [-0.3, -0.25) is 14.8 Å². The van der Waals surface area contributed by atoms with E-state index in [1.165, 1.54) is 11.1 Å². The number of methoxy groups -OCH3 is 2. The second-order valence-electron chi connectivity index (χ2n) is 6.31. The third-order valence-electron chi connectivity index (χ3n) is 4.93. The summed E-state index contributed by atoms with van der Waals surface area (Å²) in [5, 5.41) is 0.470. The fourth-order valence-corrected chi connectivity index (χ4v) is 3.68. The smallest absolute Gasteiger partial charge is 0.263 e. The Bertz CT molecular complexity index is 1020. The van der Waals surface area contributed by atoms with Crippen LogP contribution in [0.2, 0.25) is 0 Å². The van der Waals surface area contributed by atoms with Gasteiger partial charge < -0.3 is 9.47 Å². The Morgan fingerprint density at radius 3 is 2.31 bits per heavy atom. The zero-order valence-electron chi connectivity index (χ0n) is 14.7. The summed E-state index contributed by atoms with van der Waals surface area (Å²) in [4.78, 5) is 17.8. The molecule has 0 amide bonds. The number of fused-ring (bicyclic) bond motifs is 2. The molecule has 134 valence electrons. The highest BCUT2D eigenvalue weighted by Gasteiger charge is 2.26. The largest absolute Gasteiger partial charge is 0.493 e. The minimum atomic E-state index is -0.151. The second kappa shape index (κ2) is 6.34. The minimum absolute atomic E-state index is 0.0315. The van der Waals surface area contributed by atoms with Gasteiger partial charge in [-0.2, -0.15) is 0 Å². The number of hydrogen-bond acceptors (Lipinski definition) is 6. The lowest BCUT2D eigenvalue weighted by Crippen LogP contribution is -2.31. The van der Waals surface area contributed by atoms with Crippen LogP contribution in [0.1, 0.15) is 17.2 Å². The van der Waals surface area contributed by atoms with E-state index in [2.05, 4.69) is 22.5 Å². The zero-order valence-corrected chi connectivity index (χ0v) is 14.7. The summed E-state index contributed by atoms with van der Waals surface area (Å²) in [6.07, 6.45) is 1.54. The van der Waals surface area contributed by atoms with Gasteiger partial charge in [0.25, 0.3) is 5.56 Å². The number of rotatable bonds is 4. The van der Waals surface area contributed by atoms with Crippen molar-refractivity contribution in [2.75, 3.05) is 19.6 Å². The Balaban J connectivity index is 1.90. The molecule has 3 N–H and O–H groups in total. The highest BCUT2D eigenvalue weighted by Crippen LogP contribution is 2.33. The lowest BCUT2D eigenvalue weighted by Gasteiger charge is -2.19. The fourth-order valence-electron chi connectivity index (χ4n) is 3.68. The molecule has 0 fully saturated rings. The fraction of sp³-hybridized carbons (Fsp3) is 0.263. The summed E-state index contributed by atoms with van der Waals surface area (Å²) in [7, 11) is 3.09. The van der Waals surface area contributed by atoms with Crippen LogP contribution in [0.15, 0.2) is 41.2 Å². The molecule has 0 radical (unpaired) electrons. The topological polar surface area (TPSA) is 91.4 Å². The summed E-state index contributed by atoms with van der Waals surface area (Å²) in [6, 6.07) is 11.5. The van der Waals surface area contributed by atoms with Crippen LogP contribution in [0.25, 0.3) is 10.9 Å². The van der Waals surface area contributed by atoms with E-state index in [1.54, 1.807) is 30.9 Å². The molecule has 1 aromatic heterocycles. The number of hydrazine groups is 1. The number of nitrogen functional groups attached to an aromatic ring is 1. The third-order valence-corrected chi connectivity index (χ3v) is 4.93. The molecule has 0 aliphatic heterocycles. The molecular weight excluding hydrogens is 332 g/mol. The van der Waals surface area contributed by atoms with Crippen LogP contribution in [0.3, 0.4) is 0 Å². The maximum absolute atomic E-state index is 13.2. The number of nitrogens with one attached hydrogen (secondary N) is 1. The SMILES string of the molecule is COc1cc2nc(NN)n(C3Cc4ccccc4C3)c(=O)c2cc1OC. The van der Waals surface area contributed by atoms with Gasteiger partial charge in [0.2, 0.25) is 5.95 Å². The number of aromatic nitrogens is 2. The van der Waals surface area contributed by atoms with Crippen LogP contribution in [0, 0.1) is 0 Å². The average molecular weight is 352 g/mol. The normalized spacial score (nSPS) is 13.7. The zero-order chi connectivity index (χ0) is 18.3. The molecule has 0 bridgehead atoms. The van der Waals surface area contributed by atoms with E-state index in [1.807, 2.05) is 12.1 Å². The molecule has 7 nitrogen and oxygen atoms in total. The van der Waals surface area contributed by atoms with Crippen LogP contribution >= 0.6 is 0 Å². The van der Waals surface area contributed by atoms with E-state index in [0.717, 1.165) is 12.8 Å². The van der Waals surface area contributed by atoms with Gasteiger partial charge in [0.1, 0.15) is 0 Å². The molecule has 26 heavy (non-hydrogen) atoms. The highest BCUT2D eigenvalue weighted by atomic mass is 16.5. The Labute approximate surface area is 150 Å². The standard InChI is InChI=1S/C19H20N4O3/c1-25-16-9-14-15(10-17(16)26-2)21-19(22-20)23(18(14)24)13-7-11-5-3-4-6-12(11)8-13/h3-6,9-10,13H,7-8,20H2,1-2H3,(H,21,22). The van der Waals surface area contributed by atoms with Gasteiger partial charge in [-0.25, -0.2) is 10.8 Å². The van der Waals surface area contributed by atoms with Crippen molar-refractivity contribution in [3.63, 3.8) is 0 Å². The van der Waals surface area contributed by atoms with E-state index in [-0.39, 0.29) is 11.6 Å². The van der Waals surface area contributed by atoms with Crippen LogP contribution in [0.4, 0.5) is 5.95 Å². The summed E-state index contributed by atoms with van der Waals surface area (Å²) >= 11 is 0. The Morgan fingerprint density at radius 1 is 1.12 bits per heavy atom. The third kappa shape index (κ3) is 2.48. The Morgan fingerprint density at radius 2 is 1.73 bits per heavy atom. The molecule has 1 aliphatic rings. The molecule has 0 saturated carbocycles. The van der Waals surface area contributed by atoms with Crippen molar-refractivity contribution in [1.82, 2.24) is 9.55 Å². The quantitative estimate of drug-likeness (QED) is 0.551. The van der Waals surface area contributed by atoms with Gasteiger partial charge in [-0.15, -0.1) is 0 Å². The summed E-state index contributed by atoms with van der Waals surface area (Å²) < 4.78 is 12.3. The van der Waals surface area contributed by atoms with Crippen molar-refractivity contribution in [3.05, 3.63) is 57.9 Å². The molecule has 1 heterocycles. The highest BCUT2D eigenvalue weighted by molar-refractivity contribution is 5.83. The second-order valence-corrected chi connectivity index (χ2v) is 6.31. The number of ether oxygens (including phenoxy) is 2. The maximum atomic E-state index is 13.2. The molecular formula is C19H20N4O3. The monoisotopic (exact) mass is 352 g/mol.